The second kappa shape index (κ2) is 7.22. The van der Waals surface area contributed by atoms with Crippen molar-refractivity contribution in [3.8, 4) is 0 Å². The monoisotopic (exact) mass is 287 g/mol. The Morgan fingerprint density at radius 1 is 1.14 bits per heavy atom. The second-order valence-corrected chi connectivity index (χ2v) is 6.88. The Balaban J connectivity index is 1.94. The molecule has 2 nitrogen and oxygen atoms in total. The number of hydrogen-bond donors (Lipinski definition) is 1. The molecule has 0 atom stereocenters. The molecule has 2 rings (SSSR count). The molecule has 1 N–H and O–H groups in total. The summed E-state index contributed by atoms with van der Waals surface area (Å²) in [5, 5.41) is 3.44. The summed E-state index contributed by atoms with van der Waals surface area (Å²) in [7, 11) is 2.01. The van der Waals surface area contributed by atoms with Gasteiger partial charge in [-0.3, -0.25) is 4.79 Å². The molecule has 0 heterocycles. The molecule has 0 bridgehead atoms. The summed E-state index contributed by atoms with van der Waals surface area (Å²) in [6, 6.07) is 8.53. The first-order valence-corrected chi connectivity index (χ1v) is 8.34. The molecule has 1 aromatic rings. The maximum absolute atomic E-state index is 12.4. The van der Waals surface area contributed by atoms with E-state index in [0.29, 0.717) is 24.5 Å². The smallest absolute Gasteiger partial charge is 0.139 e. The lowest BCUT2D eigenvalue weighted by Crippen LogP contribution is -2.46. The summed E-state index contributed by atoms with van der Waals surface area (Å²) in [5.41, 5.74) is 2.55. The van der Waals surface area contributed by atoms with Crippen LogP contribution in [0.25, 0.3) is 0 Å². The van der Waals surface area contributed by atoms with E-state index >= 15 is 0 Å². The topological polar surface area (TPSA) is 29.1 Å². The molecule has 2 heteroatoms. The fraction of sp³-hybridized carbons (Fsp3) is 0.632. The van der Waals surface area contributed by atoms with Crippen LogP contribution in [0.15, 0.2) is 24.3 Å². The van der Waals surface area contributed by atoms with Gasteiger partial charge in [0.15, 0.2) is 0 Å². The largest absolute Gasteiger partial charge is 0.314 e. The average molecular weight is 287 g/mol. The lowest BCUT2D eigenvalue weighted by molar-refractivity contribution is -0.120. The van der Waals surface area contributed by atoms with E-state index in [4.69, 9.17) is 0 Å². The molecule has 0 spiro atoms. The molecule has 0 saturated heterocycles. The predicted octanol–water partition coefficient (Wildman–Crippen LogP) is 4.23. The number of Topliss-reactive ketones (excluding diaryl/α,β-unsaturated/α-hetero) is 1. The summed E-state index contributed by atoms with van der Waals surface area (Å²) >= 11 is 0. The van der Waals surface area contributed by atoms with Crippen LogP contribution in [-0.4, -0.2) is 18.4 Å². The molecule has 21 heavy (non-hydrogen) atoms. The third kappa shape index (κ3) is 4.41. The van der Waals surface area contributed by atoms with Crippen molar-refractivity contribution in [2.75, 3.05) is 7.05 Å². The van der Waals surface area contributed by atoms with E-state index in [2.05, 4.69) is 43.4 Å². The van der Waals surface area contributed by atoms with Gasteiger partial charge in [0, 0.05) is 18.4 Å². The van der Waals surface area contributed by atoms with Crippen LogP contribution in [0, 0.1) is 0 Å². The van der Waals surface area contributed by atoms with Crippen LogP contribution in [0.5, 0.6) is 0 Å². The first-order valence-electron chi connectivity index (χ1n) is 8.34. The van der Waals surface area contributed by atoms with Crippen LogP contribution in [-0.2, 0) is 11.2 Å². The molecule has 1 saturated carbocycles. The van der Waals surface area contributed by atoms with Crippen molar-refractivity contribution < 1.29 is 4.79 Å². The third-order valence-corrected chi connectivity index (χ3v) is 4.92. The third-order valence-electron chi connectivity index (χ3n) is 4.92. The molecule has 0 aliphatic heterocycles. The minimum absolute atomic E-state index is 0.0627. The van der Waals surface area contributed by atoms with Crippen molar-refractivity contribution in [2.24, 2.45) is 0 Å². The Bertz CT molecular complexity index is 455. The molecule has 0 aromatic heterocycles. The number of ketones is 1. The summed E-state index contributed by atoms with van der Waals surface area (Å²) in [6.45, 7) is 4.39. The molecular formula is C19H29NO. The Morgan fingerprint density at radius 3 is 2.29 bits per heavy atom. The minimum atomic E-state index is 0.0627. The Labute approximate surface area is 129 Å². The van der Waals surface area contributed by atoms with Gasteiger partial charge < -0.3 is 5.32 Å². The van der Waals surface area contributed by atoms with E-state index < -0.39 is 0 Å². The van der Waals surface area contributed by atoms with Gasteiger partial charge in [0.2, 0.25) is 0 Å². The van der Waals surface area contributed by atoms with Crippen LogP contribution < -0.4 is 5.32 Å². The van der Waals surface area contributed by atoms with Gasteiger partial charge >= 0.3 is 0 Å². The van der Waals surface area contributed by atoms with Crippen molar-refractivity contribution in [2.45, 2.75) is 70.3 Å². The zero-order valence-corrected chi connectivity index (χ0v) is 13.7. The van der Waals surface area contributed by atoms with Gasteiger partial charge in [-0.2, -0.15) is 0 Å². The van der Waals surface area contributed by atoms with Gasteiger partial charge in [-0.25, -0.2) is 0 Å². The number of benzene rings is 1. The molecule has 1 aliphatic carbocycles. The van der Waals surface area contributed by atoms with Crippen molar-refractivity contribution in [3.63, 3.8) is 0 Å². The maximum Gasteiger partial charge on any atom is 0.139 e. The molecule has 0 radical (unpaired) electrons. The van der Waals surface area contributed by atoms with Crippen molar-refractivity contribution in [3.05, 3.63) is 35.4 Å². The summed E-state index contributed by atoms with van der Waals surface area (Å²) in [6.07, 6.45) is 7.34. The fourth-order valence-corrected chi connectivity index (χ4v) is 3.43. The van der Waals surface area contributed by atoms with Gasteiger partial charge in [-0.15, -0.1) is 0 Å². The standard InChI is InChI=1S/C19H29NO/c1-15(2)17-9-7-16(8-10-17)13-18(21)14-19(20-3)11-5-4-6-12-19/h7-10,15,20H,4-6,11-14H2,1-3H3. The van der Waals surface area contributed by atoms with Gasteiger partial charge in [-0.05, 0) is 36.9 Å². The molecule has 1 aromatic carbocycles. The van der Waals surface area contributed by atoms with Gasteiger partial charge in [0.25, 0.3) is 0 Å². The maximum atomic E-state index is 12.4. The van der Waals surface area contributed by atoms with Crippen LogP contribution >= 0.6 is 0 Å². The first kappa shape index (κ1) is 16.2. The highest BCUT2D eigenvalue weighted by molar-refractivity contribution is 5.82. The Kier molecular flexibility index (Phi) is 5.58. The highest BCUT2D eigenvalue weighted by Crippen LogP contribution is 2.31. The molecule has 116 valence electrons. The summed E-state index contributed by atoms with van der Waals surface area (Å²) in [4.78, 5) is 12.4. The zero-order valence-electron chi connectivity index (χ0n) is 13.7. The van der Waals surface area contributed by atoms with Crippen molar-refractivity contribution in [1.29, 1.82) is 0 Å². The van der Waals surface area contributed by atoms with E-state index in [0.717, 1.165) is 18.4 Å². The molecule has 1 fully saturated rings. The first-order chi connectivity index (χ1) is 10.0. The van der Waals surface area contributed by atoms with Gasteiger partial charge in [0.05, 0.1) is 0 Å². The van der Waals surface area contributed by atoms with Crippen molar-refractivity contribution in [1.82, 2.24) is 5.32 Å². The normalized spacial score (nSPS) is 17.9. The van der Waals surface area contributed by atoms with Crippen LogP contribution in [0.3, 0.4) is 0 Å². The van der Waals surface area contributed by atoms with Crippen molar-refractivity contribution >= 4 is 5.78 Å². The zero-order chi connectivity index (χ0) is 15.3. The number of carbonyl (C=O) groups excluding carboxylic acids is 1. The molecule has 0 amide bonds. The lowest BCUT2D eigenvalue weighted by Gasteiger charge is -2.36. The highest BCUT2D eigenvalue weighted by atomic mass is 16.1. The number of rotatable bonds is 6. The van der Waals surface area contributed by atoms with Gasteiger partial charge in [-0.1, -0.05) is 57.4 Å². The summed E-state index contributed by atoms with van der Waals surface area (Å²) in [5.74, 6) is 0.910. The molecule has 1 aliphatic rings. The van der Waals surface area contributed by atoms with Crippen LogP contribution in [0.4, 0.5) is 0 Å². The second-order valence-electron chi connectivity index (χ2n) is 6.88. The highest BCUT2D eigenvalue weighted by Gasteiger charge is 2.32. The Hall–Kier alpha value is -1.15. The van der Waals surface area contributed by atoms with E-state index in [9.17, 15) is 4.79 Å². The van der Waals surface area contributed by atoms with E-state index in [1.807, 2.05) is 7.05 Å². The van der Waals surface area contributed by atoms with E-state index in [1.54, 1.807) is 0 Å². The summed E-state index contributed by atoms with van der Waals surface area (Å²) < 4.78 is 0. The lowest BCUT2D eigenvalue weighted by atomic mass is 9.77. The minimum Gasteiger partial charge on any atom is -0.314 e. The quantitative estimate of drug-likeness (QED) is 0.848. The number of hydrogen-bond acceptors (Lipinski definition) is 2. The van der Waals surface area contributed by atoms with Crippen LogP contribution in [0.2, 0.25) is 0 Å². The Morgan fingerprint density at radius 2 is 1.76 bits per heavy atom. The van der Waals surface area contributed by atoms with Gasteiger partial charge in [0.1, 0.15) is 5.78 Å². The predicted molar refractivity (Wildman–Crippen MR) is 88.7 cm³/mol. The molecule has 0 unspecified atom stereocenters. The van der Waals surface area contributed by atoms with E-state index in [1.165, 1.54) is 24.8 Å². The SMILES string of the molecule is CNC1(CC(=O)Cc2ccc(C(C)C)cc2)CCCCC1. The average Bonchev–Trinajstić information content (AvgIpc) is 2.48. The number of carbonyl (C=O) groups is 1. The fourth-order valence-electron chi connectivity index (χ4n) is 3.43. The molecular weight excluding hydrogens is 258 g/mol. The number of nitrogens with one attached hydrogen (secondary N) is 1. The van der Waals surface area contributed by atoms with Crippen LogP contribution in [0.1, 0.15) is 69.4 Å². The van der Waals surface area contributed by atoms with E-state index in [-0.39, 0.29) is 5.54 Å².